The number of ether oxygens (including phenoxy) is 2. The van der Waals surface area contributed by atoms with E-state index in [0.29, 0.717) is 11.4 Å². The van der Waals surface area contributed by atoms with Gasteiger partial charge >= 0.3 is 0 Å². The molecule has 0 aliphatic rings. The van der Waals surface area contributed by atoms with Crippen LogP contribution in [0.25, 0.3) is 0 Å². The Hall–Kier alpha value is -2.16. The van der Waals surface area contributed by atoms with Crippen molar-refractivity contribution in [3.05, 3.63) is 48.5 Å². The van der Waals surface area contributed by atoms with Crippen LogP contribution in [0.1, 0.15) is 0 Å². The third-order valence-corrected chi connectivity index (χ3v) is 2.10. The Morgan fingerprint density at radius 1 is 0.938 bits per heavy atom. The first kappa shape index (κ1) is 10.4. The molecule has 16 heavy (non-hydrogen) atoms. The van der Waals surface area contributed by atoms with Crippen LogP contribution in [-0.2, 0) is 0 Å². The lowest BCUT2D eigenvalue weighted by atomic mass is 10.3. The monoisotopic (exact) mass is 214 g/mol. The van der Waals surface area contributed by atoms with Crippen LogP contribution < -0.4 is 15.2 Å². The zero-order chi connectivity index (χ0) is 11.4. The maximum Gasteiger partial charge on any atom is 0.128 e. The van der Waals surface area contributed by atoms with Gasteiger partial charge < -0.3 is 15.2 Å². The molecule has 2 aromatic carbocycles. The van der Waals surface area contributed by atoms with E-state index in [1.807, 2.05) is 24.3 Å². The molecule has 0 unspecified atom stereocenters. The van der Waals surface area contributed by atoms with Gasteiger partial charge in [0.25, 0.3) is 0 Å². The van der Waals surface area contributed by atoms with Crippen LogP contribution >= 0.6 is 0 Å². The van der Waals surface area contributed by atoms with Crippen molar-refractivity contribution < 1.29 is 9.47 Å². The number of benzene rings is 2. The summed E-state index contributed by atoms with van der Waals surface area (Å²) in [4.78, 5) is 0. The molecule has 3 nitrogen and oxygen atoms in total. The lowest BCUT2D eigenvalue weighted by molar-refractivity contribution is 0.413. The molecule has 0 heterocycles. The van der Waals surface area contributed by atoms with E-state index in [2.05, 4.69) is 6.07 Å². The summed E-state index contributed by atoms with van der Waals surface area (Å²) in [5.41, 5.74) is 6.13. The summed E-state index contributed by atoms with van der Waals surface area (Å²) < 4.78 is 10.6. The van der Waals surface area contributed by atoms with Gasteiger partial charge in [0.2, 0.25) is 0 Å². The highest BCUT2D eigenvalue weighted by atomic mass is 16.5. The van der Waals surface area contributed by atoms with E-state index in [1.54, 1.807) is 25.3 Å². The number of anilines is 1. The van der Waals surface area contributed by atoms with Gasteiger partial charge in [0.1, 0.15) is 17.2 Å². The third-order valence-electron chi connectivity index (χ3n) is 2.10. The maximum absolute atomic E-state index is 5.59. The fourth-order valence-corrected chi connectivity index (χ4v) is 1.27. The van der Waals surface area contributed by atoms with E-state index in [0.717, 1.165) is 11.5 Å². The molecule has 0 saturated carbocycles. The fourth-order valence-electron chi connectivity index (χ4n) is 1.27. The molecular weight excluding hydrogens is 202 g/mol. The zero-order valence-corrected chi connectivity index (χ0v) is 8.94. The standard InChI is InChI=1S/C13H12NO2/c1-15-11-6-8-13(9-7-11)16-12-4-2-10(14)3-5-12/h2,4-9H,14H2,1H3. The second-order valence-corrected chi connectivity index (χ2v) is 3.26. The lowest BCUT2D eigenvalue weighted by Gasteiger charge is -2.06. The fraction of sp³-hybridized carbons (Fsp3) is 0.0769. The van der Waals surface area contributed by atoms with E-state index in [9.17, 15) is 0 Å². The minimum absolute atomic E-state index is 0.599. The molecule has 0 spiro atoms. The number of methoxy groups -OCH3 is 1. The summed E-state index contributed by atoms with van der Waals surface area (Å²) in [5, 5.41) is 0. The molecule has 0 amide bonds. The number of nitrogens with two attached hydrogens (primary N) is 1. The molecule has 0 aromatic heterocycles. The Morgan fingerprint density at radius 3 is 2.12 bits per heavy atom. The van der Waals surface area contributed by atoms with Crippen molar-refractivity contribution in [3.8, 4) is 17.2 Å². The molecule has 0 aliphatic carbocycles. The van der Waals surface area contributed by atoms with Gasteiger partial charge in [-0.3, -0.25) is 0 Å². The smallest absolute Gasteiger partial charge is 0.128 e. The van der Waals surface area contributed by atoms with Gasteiger partial charge in [-0.25, -0.2) is 0 Å². The van der Waals surface area contributed by atoms with Crippen LogP contribution in [0.4, 0.5) is 5.69 Å². The van der Waals surface area contributed by atoms with Crippen molar-refractivity contribution in [3.63, 3.8) is 0 Å². The summed E-state index contributed by atoms with van der Waals surface area (Å²) in [6.07, 6.45) is 0. The van der Waals surface area contributed by atoms with Crippen molar-refractivity contribution in [1.82, 2.24) is 0 Å². The van der Waals surface area contributed by atoms with Crippen molar-refractivity contribution in [2.45, 2.75) is 0 Å². The minimum Gasteiger partial charge on any atom is -0.497 e. The third kappa shape index (κ3) is 2.45. The van der Waals surface area contributed by atoms with Crippen LogP contribution in [0, 0.1) is 6.07 Å². The summed E-state index contributed by atoms with van der Waals surface area (Å²) in [6, 6.07) is 15.5. The predicted molar refractivity (Wildman–Crippen MR) is 62.8 cm³/mol. The SMILES string of the molecule is COc1ccc(Oc2c[c]c(N)cc2)cc1. The Morgan fingerprint density at radius 2 is 1.56 bits per heavy atom. The van der Waals surface area contributed by atoms with E-state index < -0.39 is 0 Å². The molecule has 0 fully saturated rings. The van der Waals surface area contributed by atoms with Gasteiger partial charge in [0.15, 0.2) is 0 Å². The van der Waals surface area contributed by atoms with Crippen LogP contribution in [0.5, 0.6) is 17.2 Å². The molecule has 2 N–H and O–H groups in total. The van der Waals surface area contributed by atoms with Crippen LogP contribution in [0.2, 0.25) is 0 Å². The quantitative estimate of drug-likeness (QED) is 0.799. The summed E-state index contributed by atoms with van der Waals surface area (Å²) >= 11 is 0. The van der Waals surface area contributed by atoms with Crippen LogP contribution in [0.3, 0.4) is 0 Å². The van der Waals surface area contributed by atoms with Gasteiger partial charge in [-0.2, -0.15) is 0 Å². The van der Waals surface area contributed by atoms with E-state index in [-0.39, 0.29) is 0 Å². The van der Waals surface area contributed by atoms with Crippen LogP contribution in [-0.4, -0.2) is 7.11 Å². The first-order valence-corrected chi connectivity index (χ1v) is 4.87. The summed E-state index contributed by atoms with van der Waals surface area (Å²) in [6.45, 7) is 0. The predicted octanol–water partition coefficient (Wildman–Crippen LogP) is 2.87. The second kappa shape index (κ2) is 4.57. The Bertz CT molecular complexity index is 448. The molecule has 0 bridgehead atoms. The average molecular weight is 214 g/mol. The molecular formula is C13H12NO2. The highest BCUT2D eigenvalue weighted by Gasteiger charge is 1.97. The lowest BCUT2D eigenvalue weighted by Crippen LogP contribution is -1.87. The zero-order valence-electron chi connectivity index (χ0n) is 8.94. The molecule has 2 rings (SSSR count). The topological polar surface area (TPSA) is 44.5 Å². The van der Waals surface area contributed by atoms with Gasteiger partial charge in [-0.15, -0.1) is 0 Å². The summed E-state index contributed by atoms with van der Waals surface area (Å²) in [5.74, 6) is 2.26. The minimum atomic E-state index is 0.599. The van der Waals surface area contributed by atoms with Gasteiger partial charge in [0, 0.05) is 11.8 Å². The van der Waals surface area contributed by atoms with E-state index in [4.69, 9.17) is 15.2 Å². The Kier molecular flexibility index (Phi) is 2.96. The van der Waals surface area contributed by atoms with Crippen molar-refractivity contribution in [2.75, 3.05) is 12.8 Å². The van der Waals surface area contributed by atoms with Crippen molar-refractivity contribution in [2.24, 2.45) is 0 Å². The van der Waals surface area contributed by atoms with Crippen LogP contribution in [0.15, 0.2) is 42.5 Å². The molecule has 3 heteroatoms. The molecule has 81 valence electrons. The van der Waals surface area contributed by atoms with Crippen molar-refractivity contribution >= 4 is 5.69 Å². The second-order valence-electron chi connectivity index (χ2n) is 3.26. The largest absolute Gasteiger partial charge is 0.497 e. The number of hydrogen-bond acceptors (Lipinski definition) is 3. The highest BCUT2D eigenvalue weighted by Crippen LogP contribution is 2.23. The highest BCUT2D eigenvalue weighted by molar-refractivity contribution is 5.42. The number of hydrogen-bond donors (Lipinski definition) is 1. The maximum atomic E-state index is 5.59. The summed E-state index contributed by atoms with van der Waals surface area (Å²) in [7, 11) is 1.63. The van der Waals surface area contributed by atoms with Crippen molar-refractivity contribution in [1.29, 1.82) is 0 Å². The first-order valence-electron chi connectivity index (χ1n) is 4.87. The van der Waals surface area contributed by atoms with E-state index >= 15 is 0 Å². The molecule has 0 atom stereocenters. The first-order chi connectivity index (χ1) is 7.78. The number of nitrogen functional groups attached to an aromatic ring is 1. The van der Waals surface area contributed by atoms with Gasteiger partial charge in [-0.1, -0.05) is 0 Å². The number of rotatable bonds is 3. The van der Waals surface area contributed by atoms with Gasteiger partial charge in [-0.05, 0) is 42.5 Å². The van der Waals surface area contributed by atoms with Gasteiger partial charge in [0.05, 0.1) is 7.11 Å². The Balaban J connectivity index is 2.11. The molecule has 0 aliphatic heterocycles. The Labute approximate surface area is 94.4 Å². The molecule has 2 aromatic rings. The van der Waals surface area contributed by atoms with E-state index in [1.165, 1.54) is 0 Å². The molecule has 0 saturated heterocycles. The normalized spacial score (nSPS) is 9.81. The average Bonchev–Trinajstić information content (AvgIpc) is 2.33. The molecule has 1 radical (unpaired) electrons.